The molecule has 4 N–H and O–H groups in total. The van der Waals surface area contributed by atoms with Crippen molar-refractivity contribution in [2.75, 3.05) is 6.54 Å². The molecule has 5 heteroatoms. The molecule has 0 heterocycles. The maximum atomic E-state index is 11.0. The summed E-state index contributed by atoms with van der Waals surface area (Å²) in [6.45, 7) is 26.7. The molecule has 40 heavy (non-hydrogen) atoms. The molecular weight excluding hydrogens is 512 g/mol. The van der Waals surface area contributed by atoms with E-state index in [0.717, 1.165) is 59.5 Å². The number of hydrogen-bond donors (Lipinski definition) is 4. The van der Waals surface area contributed by atoms with E-state index in [-0.39, 0.29) is 21.7 Å². The lowest BCUT2D eigenvalue weighted by atomic mass is 9.78. The van der Waals surface area contributed by atoms with Gasteiger partial charge in [0.2, 0.25) is 0 Å². The molecule has 0 radical (unpaired) electrons. The lowest BCUT2D eigenvalue weighted by Gasteiger charge is -2.28. The molecule has 0 aliphatic heterocycles. The Morgan fingerprint density at radius 3 is 1.32 bits per heavy atom. The van der Waals surface area contributed by atoms with E-state index in [1.807, 2.05) is 0 Å². The number of rotatable bonds is 8. The summed E-state index contributed by atoms with van der Waals surface area (Å²) in [6.07, 6.45) is 3.63. The first-order valence-electron chi connectivity index (χ1n) is 14.7. The highest BCUT2D eigenvalue weighted by molar-refractivity contribution is 7.95. The van der Waals surface area contributed by atoms with Crippen LogP contribution in [0.3, 0.4) is 0 Å². The van der Waals surface area contributed by atoms with Gasteiger partial charge in [-0.05, 0) is 86.6 Å². The van der Waals surface area contributed by atoms with Crippen molar-refractivity contribution >= 4 is 21.8 Å². The maximum Gasteiger partial charge on any atom is 0.123 e. The standard InChI is InChI=1S/C35H56N2O2S/c1-32(2,3)25-19-23(20-26(30(25)38)33(4,5)6)15-14-18-36-37-29(40-13)17-16-24-21-27(34(7,8)9)31(39)28(22-24)35(10,11)12/h19-22,36-39H,13-18H2,1-12H3. The van der Waals surface area contributed by atoms with Crippen LogP contribution in [0.1, 0.15) is 129 Å². The monoisotopic (exact) mass is 568 g/mol. The van der Waals surface area contributed by atoms with Crippen LogP contribution in [0, 0.1) is 0 Å². The second kappa shape index (κ2) is 12.8. The van der Waals surface area contributed by atoms with Crippen LogP contribution in [0.15, 0.2) is 24.3 Å². The van der Waals surface area contributed by atoms with Crippen LogP contribution in [0.5, 0.6) is 11.5 Å². The van der Waals surface area contributed by atoms with Gasteiger partial charge in [-0.15, -0.1) is 10.9 Å². The normalized spacial score (nSPS) is 13.0. The lowest BCUT2D eigenvalue weighted by Crippen LogP contribution is -2.37. The molecule has 0 aromatic heterocycles. The predicted octanol–water partition coefficient (Wildman–Crippen LogP) is 8.24. The number of aryl methyl sites for hydroxylation is 2. The van der Waals surface area contributed by atoms with Crippen molar-refractivity contribution in [3.05, 3.63) is 57.6 Å². The molecule has 0 saturated heterocycles. The zero-order chi connectivity index (χ0) is 30.7. The van der Waals surface area contributed by atoms with Crippen LogP contribution >= 0.6 is 10.9 Å². The van der Waals surface area contributed by atoms with Crippen molar-refractivity contribution in [2.45, 2.75) is 130 Å². The summed E-state index contributed by atoms with van der Waals surface area (Å²) >= 11 is 0. The molecule has 0 spiro atoms. The van der Waals surface area contributed by atoms with Gasteiger partial charge in [0.05, 0.1) is 4.99 Å². The molecular formula is C35H56N2O2S. The van der Waals surface area contributed by atoms with Gasteiger partial charge in [0.25, 0.3) is 0 Å². The van der Waals surface area contributed by atoms with E-state index < -0.39 is 0 Å². The summed E-state index contributed by atoms with van der Waals surface area (Å²) in [4.78, 5) is 1.09. The van der Waals surface area contributed by atoms with Gasteiger partial charge in [-0.1, -0.05) is 107 Å². The summed E-state index contributed by atoms with van der Waals surface area (Å²) in [5, 5.41) is 22.0. The van der Waals surface area contributed by atoms with Crippen LogP contribution < -0.4 is 10.9 Å². The molecule has 0 fully saturated rings. The molecule has 2 rings (SSSR count). The molecule has 4 nitrogen and oxygen atoms in total. The second-order valence-electron chi connectivity index (χ2n) is 15.3. The molecule has 0 amide bonds. The second-order valence-corrected chi connectivity index (χ2v) is 16.1. The van der Waals surface area contributed by atoms with Crippen molar-refractivity contribution in [3.63, 3.8) is 0 Å². The Labute approximate surface area is 248 Å². The Hall–Kier alpha value is -2.08. The van der Waals surface area contributed by atoms with Gasteiger partial charge < -0.3 is 10.2 Å². The Morgan fingerprint density at radius 1 is 0.650 bits per heavy atom. The van der Waals surface area contributed by atoms with E-state index in [2.05, 4.69) is 124 Å². The number of benzene rings is 2. The lowest BCUT2D eigenvalue weighted by molar-refractivity contribution is 0.421. The molecule has 2 aromatic carbocycles. The highest BCUT2D eigenvalue weighted by Gasteiger charge is 2.27. The SMILES string of the molecule is C=S=C(CCc1cc(C(C)(C)C)c(O)c(C(C)(C)C)c1)NNCCCc1cc(C(C)(C)C)c(O)c(C(C)(C)C)c1. The highest BCUT2D eigenvalue weighted by Crippen LogP contribution is 2.41. The van der Waals surface area contributed by atoms with Gasteiger partial charge in [0, 0.05) is 6.54 Å². The molecule has 0 saturated carbocycles. The van der Waals surface area contributed by atoms with E-state index in [1.54, 1.807) is 0 Å². The average molecular weight is 569 g/mol. The number of hydrogen-bond acceptors (Lipinski definition) is 3. The number of aromatic hydroxyl groups is 2. The number of phenols is 2. The third-order valence-electron chi connectivity index (χ3n) is 7.38. The molecule has 2 aromatic rings. The zero-order valence-electron chi connectivity index (χ0n) is 27.4. The van der Waals surface area contributed by atoms with E-state index in [4.69, 9.17) is 0 Å². The Kier molecular flexibility index (Phi) is 10.9. The molecule has 0 unspecified atom stereocenters. The smallest absolute Gasteiger partial charge is 0.123 e. The number of phenolic OH excluding ortho intramolecular Hbond substituents is 2. The molecule has 0 aliphatic carbocycles. The van der Waals surface area contributed by atoms with Crippen molar-refractivity contribution in [1.29, 1.82) is 0 Å². The minimum absolute atomic E-state index is 0.117. The highest BCUT2D eigenvalue weighted by atomic mass is 32.1. The molecule has 0 atom stereocenters. The largest absolute Gasteiger partial charge is 0.507 e. The van der Waals surface area contributed by atoms with Crippen LogP contribution in [-0.4, -0.2) is 27.6 Å². The summed E-state index contributed by atoms with van der Waals surface area (Å²) in [5.74, 6) is 4.93. The minimum Gasteiger partial charge on any atom is -0.507 e. The quantitative estimate of drug-likeness (QED) is 0.147. The van der Waals surface area contributed by atoms with Crippen molar-refractivity contribution < 1.29 is 10.2 Å². The van der Waals surface area contributed by atoms with Gasteiger partial charge in [0.1, 0.15) is 11.5 Å². The fraction of sp³-hybridized carbons (Fsp3) is 0.600. The number of hydrazine groups is 1. The van der Waals surface area contributed by atoms with Gasteiger partial charge in [-0.2, -0.15) is 0 Å². The Bertz CT molecular complexity index is 1160. The van der Waals surface area contributed by atoms with Gasteiger partial charge in [-0.25, -0.2) is 5.43 Å². The van der Waals surface area contributed by atoms with Crippen LogP contribution in [0.4, 0.5) is 0 Å². The van der Waals surface area contributed by atoms with E-state index in [1.165, 1.54) is 22.1 Å². The van der Waals surface area contributed by atoms with Crippen molar-refractivity contribution in [3.8, 4) is 11.5 Å². The zero-order valence-corrected chi connectivity index (χ0v) is 28.2. The summed E-state index contributed by atoms with van der Waals surface area (Å²) in [6, 6.07) is 8.69. The summed E-state index contributed by atoms with van der Waals surface area (Å²) in [7, 11) is 1.49. The first-order chi connectivity index (χ1) is 18.2. The van der Waals surface area contributed by atoms with Crippen LogP contribution in [0.25, 0.3) is 0 Å². The van der Waals surface area contributed by atoms with E-state index in [0.29, 0.717) is 11.5 Å². The van der Waals surface area contributed by atoms with E-state index in [9.17, 15) is 10.2 Å². The third kappa shape index (κ3) is 9.22. The topological polar surface area (TPSA) is 64.5 Å². The molecule has 0 bridgehead atoms. The Morgan fingerprint density at radius 2 is 1.00 bits per heavy atom. The van der Waals surface area contributed by atoms with Crippen molar-refractivity contribution in [1.82, 2.24) is 10.9 Å². The van der Waals surface area contributed by atoms with Gasteiger partial charge in [0.15, 0.2) is 0 Å². The van der Waals surface area contributed by atoms with Crippen LogP contribution in [0.2, 0.25) is 0 Å². The average Bonchev–Trinajstić information content (AvgIpc) is 2.79. The summed E-state index contributed by atoms with van der Waals surface area (Å²) < 4.78 is 0. The fourth-order valence-electron chi connectivity index (χ4n) is 4.93. The third-order valence-corrected chi connectivity index (χ3v) is 8.04. The van der Waals surface area contributed by atoms with Crippen molar-refractivity contribution in [2.24, 2.45) is 0 Å². The van der Waals surface area contributed by atoms with E-state index >= 15 is 0 Å². The molecule has 224 valence electrons. The maximum absolute atomic E-state index is 11.0. The first-order valence-corrected chi connectivity index (χ1v) is 15.6. The minimum atomic E-state index is -0.133. The number of nitrogens with one attached hydrogen (secondary N) is 2. The van der Waals surface area contributed by atoms with Crippen LogP contribution in [-0.2, 0) is 34.5 Å². The van der Waals surface area contributed by atoms with Gasteiger partial charge in [-0.3, -0.25) is 5.43 Å². The fourth-order valence-corrected chi connectivity index (χ4v) is 5.33. The van der Waals surface area contributed by atoms with Gasteiger partial charge >= 0.3 is 0 Å². The summed E-state index contributed by atoms with van der Waals surface area (Å²) in [5.41, 5.74) is 12.8. The first kappa shape index (κ1) is 34.1. The molecule has 0 aliphatic rings. The Balaban J connectivity index is 2.03. The predicted molar refractivity (Wildman–Crippen MR) is 179 cm³/mol.